The molecule has 0 fully saturated rings. The van der Waals surface area contributed by atoms with E-state index in [0.29, 0.717) is 12.2 Å². The topological polar surface area (TPSA) is 35.5 Å². The lowest BCUT2D eigenvalue weighted by Crippen LogP contribution is -2.22. The average molecular weight is 216 g/mol. The van der Waals surface area contributed by atoms with Crippen molar-refractivity contribution in [2.24, 2.45) is 0 Å². The number of hydrogen-bond donors (Lipinski definition) is 0. The van der Waals surface area contributed by atoms with E-state index in [1.165, 1.54) is 6.26 Å². The molecule has 0 spiro atoms. The maximum absolute atomic E-state index is 11.3. The second kappa shape index (κ2) is 5.85. The van der Waals surface area contributed by atoms with Gasteiger partial charge in [-0.2, -0.15) is 0 Å². The van der Waals surface area contributed by atoms with Crippen molar-refractivity contribution in [2.45, 2.75) is 39.9 Å². The summed E-state index contributed by atoms with van der Waals surface area (Å²) in [6.07, 6.45) is 2.36. The molecule has 0 aliphatic carbocycles. The number of esters is 1. The van der Waals surface area contributed by atoms with Gasteiger partial charge in [0.25, 0.3) is 0 Å². The molecule has 0 atom stereocenters. The van der Waals surface area contributed by atoms with Crippen LogP contribution in [0.4, 0.5) is 0 Å². The number of hydrogen-bond acceptors (Lipinski definition) is 3. The Kier molecular flexibility index (Phi) is 5.53. The van der Waals surface area contributed by atoms with Crippen molar-refractivity contribution in [2.75, 3.05) is 6.61 Å². The molecule has 0 radical (unpaired) electrons. The number of carbonyl (C=O) groups is 1. The summed E-state index contributed by atoms with van der Waals surface area (Å²) in [6.45, 7) is 10.3. The van der Waals surface area contributed by atoms with E-state index in [1.54, 1.807) is 6.92 Å². The van der Waals surface area contributed by atoms with Gasteiger partial charge in [-0.1, -0.05) is 6.92 Å². The van der Waals surface area contributed by atoms with Gasteiger partial charge in [0.05, 0.1) is 18.4 Å². The van der Waals surface area contributed by atoms with E-state index in [0.717, 1.165) is 6.42 Å². The van der Waals surface area contributed by atoms with E-state index >= 15 is 0 Å². The standard InChI is InChI=1S/C10H20O3Si/c1-6-7-12-10(11)9(2)8-13-14(3,4)5/h8H,6-7H2,1-5H3. The van der Waals surface area contributed by atoms with Gasteiger partial charge in [-0.25, -0.2) is 4.79 Å². The van der Waals surface area contributed by atoms with Crippen molar-refractivity contribution >= 4 is 14.3 Å². The fourth-order valence-corrected chi connectivity index (χ4v) is 1.15. The van der Waals surface area contributed by atoms with Gasteiger partial charge in [-0.05, 0) is 33.0 Å². The van der Waals surface area contributed by atoms with Gasteiger partial charge >= 0.3 is 5.97 Å². The zero-order valence-electron chi connectivity index (χ0n) is 9.72. The number of rotatable bonds is 5. The molecule has 0 aliphatic heterocycles. The van der Waals surface area contributed by atoms with Crippen molar-refractivity contribution in [1.82, 2.24) is 0 Å². The van der Waals surface area contributed by atoms with E-state index in [9.17, 15) is 4.79 Å². The lowest BCUT2D eigenvalue weighted by Gasteiger charge is -2.15. The molecule has 0 aromatic rings. The molecular weight excluding hydrogens is 196 g/mol. The molecule has 0 N–H and O–H groups in total. The fraction of sp³-hybridized carbons (Fsp3) is 0.700. The zero-order valence-corrected chi connectivity index (χ0v) is 10.7. The first kappa shape index (κ1) is 13.2. The molecular formula is C10H20O3Si. The molecule has 0 heterocycles. The Morgan fingerprint density at radius 2 is 1.93 bits per heavy atom. The predicted molar refractivity (Wildman–Crippen MR) is 59.4 cm³/mol. The average Bonchev–Trinajstić information content (AvgIpc) is 2.09. The molecule has 82 valence electrons. The Morgan fingerprint density at radius 3 is 2.36 bits per heavy atom. The largest absolute Gasteiger partial charge is 0.549 e. The normalized spacial score (nSPS) is 12.5. The van der Waals surface area contributed by atoms with Gasteiger partial charge in [-0.3, -0.25) is 0 Å². The van der Waals surface area contributed by atoms with Gasteiger partial charge < -0.3 is 9.16 Å². The van der Waals surface area contributed by atoms with Gasteiger partial charge in [0, 0.05) is 0 Å². The molecule has 0 bridgehead atoms. The minimum atomic E-state index is -1.58. The third-order valence-electron chi connectivity index (χ3n) is 1.35. The van der Waals surface area contributed by atoms with Crippen LogP contribution in [0.3, 0.4) is 0 Å². The summed E-state index contributed by atoms with van der Waals surface area (Å²) in [7, 11) is -1.58. The van der Waals surface area contributed by atoms with Crippen LogP contribution in [0.5, 0.6) is 0 Å². The van der Waals surface area contributed by atoms with Gasteiger partial charge in [0.15, 0.2) is 0 Å². The van der Waals surface area contributed by atoms with Crippen molar-refractivity contribution in [1.29, 1.82) is 0 Å². The first-order chi connectivity index (χ1) is 6.37. The third kappa shape index (κ3) is 6.71. The molecule has 4 heteroatoms. The van der Waals surface area contributed by atoms with E-state index in [4.69, 9.17) is 9.16 Å². The van der Waals surface area contributed by atoms with E-state index in [1.807, 2.05) is 6.92 Å². The summed E-state index contributed by atoms with van der Waals surface area (Å²) >= 11 is 0. The van der Waals surface area contributed by atoms with Gasteiger partial charge in [0.1, 0.15) is 0 Å². The lowest BCUT2D eigenvalue weighted by molar-refractivity contribution is -0.139. The Hall–Kier alpha value is -0.773. The highest BCUT2D eigenvalue weighted by Crippen LogP contribution is 2.06. The van der Waals surface area contributed by atoms with E-state index in [-0.39, 0.29) is 5.97 Å². The highest BCUT2D eigenvalue weighted by atomic mass is 28.4. The molecule has 3 nitrogen and oxygen atoms in total. The van der Waals surface area contributed by atoms with Crippen molar-refractivity contribution in [3.63, 3.8) is 0 Å². The van der Waals surface area contributed by atoms with E-state index in [2.05, 4.69) is 19.6 Å². The molecule has 0 saturated carbocycles. The van der Waals surface area contributed by atoms with Crippen LogP contribution in [-0.4, -0.2) is 20.9 Å². The minimum Gasteiger partial charge on any atom is -0.549 e. The van der Waals surface area contributed by atoms with Crippen molar-refractivity contribution in [3.8, 4) is 0 Å². The second-order valence-electron chi connectivity index (χ2n) is 4.17. The first-order valence-electron chi connectivity index (χ1n) is 4.88. The molecule has 0 saturated heterocycles. The predicted octanol–water partition coefficient (Wildman–Crippen LogP) is 2.69. The number of ether oxygens (including phenoxy) is 1. The molecule has 0 aliphatic rings. The molecule has 0 rings (SSSR count). The molecule has 14 heavy (non-hydrogen) atoms. The quantitative estimate of drug-likeness (QED) is 0.307. The third-order valence-corrected chi connectivity index (χ3v) is 2.17. The monoisotopic (exact) mass is 216 g/mol. The van der Waals surface area contributed by atoms with Crippen LogP contribution >= 0.6 is 0 Å². The van der Waals surface area contributed by atoms with Crippen LogP contribution in [0.2, 0.25) is 19.6 Å². The van der Waals surface area contributed by atoms with E-state index < -0.39 is 8.32 Å². The summed E-state index contributed by atoms with van der Waals surface area (Å²) < 4.78 is 10.4. The highest BCUT2D eigenvalue weighted by molar-refractivity contribution is 6.69. The maximum atomic E-state index is 11.3. The van der Waals surface area contributed by atoms with Crippen LogP contribution in [0.15, 0.2) is 11.8 Å². The van der Waals surface area contributed by atoms with Crippen molar-refractivity contribution < 1.29 is 14.0 Å². The molecule has 0 unspecified atom stereocenters. The zero-order chi connectivity index (χ0) is 11.2. The molecule has 0 aromatic heterocycles. The summed E-state index contributed by atoms with van der Waals surface area (Å²) in [5.41, 5.74) is 0.529. The second-order valence-corrected chi connectivity index (χ2v) is 8.63. The summed E-state index contributed by atoms with van der Waals surface area (Å²) in [6, 6.07) is 0. The Bertz CT molecular complexity index is 216. The Morgan fingerprint density at radius 1 is 1.36 bits per heavy atom. The lowest BCUT2D eigenvalue weighted by atomic mass is 10.3. The van der Waals surface area contributed by atoms with Crippen LogP contribution < -0.4 is 0 Å². The molecule has 0 amide bonds. The summed E-state index contributed by atoms with van der Waals surface area (Å²) in [4.78, 5) is 11.3. The minimum absolute atomic E-state index is 0.287. The summed E-state index contributed by atoms with van der Waals surface area (Å²) in [5, 5.41) is 0. The van der Waals surface area contributed by atoms with Crippen LogP contribution in [0, 0.1) is 0 Å². The highest BCUT2D eigenvalue weighted by Gasteiger charge is 2.14. The summed E-state index contributed by atoms with van der Waals surface area (Å²) in [5.74, 6) is -0.287. The SMILES string of the molecule is CCCOC(=O)C(C)=CO[Si](C)(C)C. The first-order valence-corrected chi connectivity index (χ1v) is 8.29. The van der Waals surface area contributed by atoms with Crippen LogP contribution in [-0.2, 0) is 14.0 Å². The smallest absolute Gasteiger partial charge is 0.336 e. The van der Waals surface area contributed by atoms with Gasteiger partial charge in [-0.15, -0.1) is 0 Å². The van der Waals surface area contributed by atoms with Gasteiger partial charge in [0.2, 0.25) is 8.32 Å². The van der Waals surface area contributed by atoms with Crippen LogP contribution in [0.25, 0.3) is 0 Å². The maximum Gasteiger partial charge on any atom is 0.336 e. The fourth-order valence-electron chi connectivity index (χ4n) is 0.622. The van der Waals surface area contributed by atoms with Crippen molar-refractivity contribution in [3.05, 3.63) is 11.8 Å². The Balaban J connectivity index is 4.04. The molecule has 0 aromatic carbocycles. The Labute approximate surface area is 87.2 Å². The number of carbonyl (C=O) groups excluding carboxylic acids is 1. The van der Waals surface area contributed by atoms with Crippen LogP contribution in [0.1, 0.15) is 20.3 Å².